The predicted molar refractivity (Wildman–Crippen MR) is 115 cm³/mol. The predicted octanol–water partition coefficient (Wildman–Crippen LogP) is 3.01. The summed E-state index contributed by atoms with van der Waals surface area (Å²) >= 11 is 0. The number of imidazole rings is 1. The molecule has 4 rings (SSSR count). The molecule has 34 heavy (non-hydrogen) atoms. The van der Waals surface area contributed by atoms with Crippen LogP contribution in [-0.4, -0.2) is 37.2 Å². The standard InChI is InChI=1S/C22H19F3N4O5/c23-22(24,25)34-16-9-4-8-15(12-16)33-21-27-18-17(29(21)13-14-6-2-1-3-7-14)19(31)28(10-5-11-30)20(32)26-18/h1-4,6-9,12,30H,5,10-11,13H2,(H,26,32). The molecule has 2 heterocycles. The third-order valence-corrected chi connectivity index (χ3v) is 4.82. The second kappa shape index (κ2) is 9.43. The second-order valence-electron chi connectivity index (χ2n) is 7.25. The first-order chi connectivity index (χ1) is 16.2. The Balaban J connectivity index is 1.82. The fraction of sp³-hybridized carbons (Fsp3) is 0.227. The van der Waals surface area contributed by atoms with Crippen LogP contribution in [0.3, 0.4) is 0 Å². The minimum absolute atomic E-state index is 0.00978. The third kappa shape index (κ3) is 5.12. The van der Waals surface area contributed by atoms with Crippen molar-refractivity contribution < 1.29 is 27.8 Å². The summed E-state index contributed by atoms with van der Waals surface area (Å²) in [5.74, 6) is -0.509. The number of rotatable bonds is 8. The lowest BCUT2D eigenvalue weighted by molar-refractivity contribution is -0.274. The van der Waals surface area contributed by atoms with Gasteiger partial charge in [0.25, 0.3) is 5.56 Å². The molecule has 2 aromatic carbocycles. The minimum atomic E-state index is -4.88. The van der Waals surface area contributed by atoms with Crippen LogP contribution in [0, 0.1) is 0 Å². The smallest absolute Gasteiger partial charge is 0.425 e. The van der Waals surface area contributed by atoms with Gasteiger partial charge in [-0.05, 0) is 24.1 Å². The second-order valence-corrected chi connectivity index (χ2v) is 7.25. The van der Waals surface area contributed by atoms with Gasteiger partial charge in [0.2, 0.25) is 0 Å². The fourth-order valence-electron chi connectivity index (χ4n) is 3.39. The molecule has 0 aliphatic heterocycles. The van der Waals surface area contributed by atoms with Crippen molar-refractivity contribution in [3.8, 4) is 17.5 Å². The van der Waals surface area contributed by atoms with Crippen molar-refractivity contribution in [2.45, 2.75) is 25.9 Å². The Bertz CT molecular complexity index is 1410. The molecule has 0 aliphatic rings. The summed E-state index contributed by atoms with van der Waals surface area (Å²) in [6.45, 7) is -0.0886. The van der Waals surface area contributed by atoms with Gasteiger partial charge in [0, 0.05) is 19.2 Å². The van der Waals surface area contributed by atoms with Crippen molar-refractivity contribution in [2.24, 2.45) is 0 Å². The zero-order valence-electron chi connectivity index (χ0n) is 17.6. The molecule has 0 bridgehead atoms. The van der Waals surface area contributed by atoms with Gasteiger partial charge in [-0.2, -0.15) is 4.98 Å². The van der Waals surface area contributed by atoms with Crippen LogP contribution in [0.2, 0.25) is 0 Å². The number of aromatic amines is 1. The number of fused-ring (bicyclic) bond motifs is 1. The van der Waals surface area contributed by atoms with Gasteiger partial charge in [0.15, 0.2) is 11.2 Å². The van der Waals surface area contributed by atoms with Crippen LogP contribution in [0.1, 0.15) is 12.0 Å². The number of aromatic nitrogens is 4. The Kier molecular flexibility index (Phi) is 6.41. The summed E-state index contributed by atoms with van der Waals surface area (Å²) in [7, 11) is 0. The highest BCUT2D eigenvalue weighted by Gasteiger charge is 2.31. The van der Waals surface area contributed by atoms with E-state index in [4.69, 9.17) is 9.84 Å². The van der Waals surface area contributed by atoms with E-state index in [1.54, 1.807) is 12.1 Å². The first kappa shape index (κ1) is 23.1. The third-order valence-electron chi connectivity index (χ3n) is 4.82. The van der Waals surface area contributed by atoms with Gasteiger partial charge in [0.05, 0.1) is 6.54 Å². The fourth-order valence-corrected chi connectivity index (χ4v) is 3.39. The molecule has 4 aromatic rings. The van der Waals surface area contributed by atoms with E-state index in [2.05, 4.69) is 14.7 Å². The van der Waals surface area contributed by atoms with Crippen molar-refractivity contribution >= 4 is 11.2 Å². The van der Waals surface area contributed by atoms with E-state index in [1.165, 1.54) is 16.7 Å². The molecule has 0 spiro atoms. The van der Waals surface area contributed by atoms with Crippen LogP contribution in [0.4, 0.5) is 13.2 Å². The average molecular weight is 476 g/mol. The van der Waals surface area contributed by atoms with Gasteiger partial charge < -0.3 is 14.6 Å². The number of hydrogen-bond donors (Lipinski definition) is 2. The summed E-state index contributed by atoms with van der Waals surface area (Å²) in [4.78, 5) is 32.3. The molecule has 0 saturated heterocycles. The Hall–Kier alpha value is -4.06. The number of alkyl halides is 3. The lowest BCUT2D eigenvalue weighted by atomic mass is 10.2. The number of ether oxygens (including phenoxy) is 2. The van der Waals surface area contributed by atoms with E-state index >= 15 is 0 Å². The van der Waals surface area contributed by atoms with Crippen LogP contribution >= 0.6 is 0 Å². The van der Waals surface area contributed by atoms with Crippen molar-refractivity contribution in [3.63, 3.8) is 0 Å². The normalized spacial score (nSPS) is 11.6. The number of H-pyrrole nitrogens is 1. The van der Waals surface area contributed by atoms with E-state index in [1.807, 2.05) is 18.2 Å². The summed E-state index contributed by atoms with van der Waals surface area (Å²) in [6.07, 6.45) is -4.69. The summed E-state index contributed by atoms with van der Waals surface area (Å²) in [6, 6.07) is 13.8. The van der Waals surface area contributed by atoms with E-state index < -0.39 is 23.4 Å². The summed E-state index contributed by atoms with van der Waals surface area (Å²) in [5.41, 5.74) is -0.557. The molecular formula is C22H19F3N4O5. The zero-order chi connectivity index (χ0) is 24.3. The first-order valence-electron chi connectivity index (χ1n) is 10.2. The number of aliphatic hydroxyl groups excluding tert-OH is 1. The quantitative estimate of drug-likeness (QED) is 0.405. The topological polar surface area (TPSA) is 111 Å². The maximum Gasteiger partial charge on any atom is 0.573 e. The number of aliphatic hydroxyl groups is 1. The molecule has 9 nitrogen and oxygen atoms in total. The summed E-state index contributed by atoms with van der Waals surface area (Å²) < 4.78 is 49.8. The molecule has 0 atom stereocenters. The van der Waals surface area contributed by atoms with Crippen LogP contribution in [0.15, 0.2) is 64.2 Å². The molecule has 2 N–H and O–H groups in total. The maximum atomic E-state index is 13.1. The van der Waals surface area contributed by atoms with Crippen molar-refractivity contribution in [2.75, 3.05) is 6.61 Å². The molecular weight excluding hydrogens is 457 g/mol. The van der Waals surface area contributed by atoms with Gasteiger partial charge in [-0.3, -0.25) is 18.9 Å². The minimum Gasteiger partial charge on any atom is -0.425 e. The molecule has 2 aromatic heterocycles. The summed E-state index contributed by atoms with van der Waals surface area (Å²) in [5, 5.41) is 9.09. The highest BCUT2D eigenvalue weighted by Crippen LogP contribution is 2.29. The average Bonchev–Trinajstić information content (AvgIpc) is 3.10. The van der Waals surface area contributed by atoms with Crippen molar-refractivity contribution in [1.82, 2.24) is 19.1 Å². The number of hydrogen-bond acceptors (Lipinski definition) is 6. The van der Waals surface area contributed by atoms with Gasteiger partial charge in [-0.15, -0.1) is 13.2 Å². The van der Waals surface area contributed by atoms with Crippen molar-refractivity contribution in [3.05, 3.63) is 81.0 Å². The lowest BCUT2D eigenvalue weighted by Gasteiger charge is -2.12. The molecule has 0 aliphatic carbocycles. The molecule has 12 heteroatoms. The number of benzene rings is 2. The Labute approximate surface area is 189 Å². The zero-order valence-corrected chi connectivity index (χ0v) is 17.6. The number of nitrogens with zero attached hydrogens (tertiary/aromatic N) is 3. The van der Waals surface area contributed by atoms with Crippen LogP contribution in [0.5, 0.6) is 17.5 Å². The van der Waals surface area contributed by atoms with Gasteiger partial charge in [-0.25, -0.2) is 4.79 Å². The number of halogens is 3. The van der Waals surface area contributed by atoms with Crippen LogP contribution in [0.25, 0.3) is 11.2 Å². The van der Waals surface area contributed by atoms with Gasteiger partial charge >= 0.3 is 18.1 Å². The monoisotopic (exact) mass is 476 g/mol. The first-order valence-corrected chi connectivity index (χ1v) is 10.2. The van der Waals surface area contributed by atoms with E-state index in [9.17, 15) is 22.8 Å². The molecule has 0 fully saturated rings. The molecule has 0 amide bonds. The lowest BCUT2D eigenvalue weighted by Crippen LogP contribution is -2.36. The van der Waals surface area contributed by atoms with Crippen molar-refractivity contribution in [1.29, 1.82) is 0 Å². The maximum absolute atomic E-state index is 13.1. The van der Waals surface area contributed by atoms with Crippen LogP contribution < -0.4 is 20.7 Å². The highest BCUT2D eigenvalue weighted by molar-refractivity contribution is 5.71. The number of nitrogens with one attached hydrogen (secondary N) is 1. The van der Waals surface area contributed by atoms with E-state index in [-0.39, 0.29) is 49.0 Å². The van der Waals surface area contributed by atoms with Gasteiger partial charge in [0.1, 0.15) is 11.5 Å². The largest absolute Gasteiger partial charge is 0.573 e. The molecule has 0 saturated carbocycles. The molecule has 178 valence electrons. The molecule has 0 unspecified atom stereocenters. The highest BCUT2D eigenvalue weighted by atomic mass is 19.4. The van der Waals surface area contributed by atoms with E-state index in [0.29, 0.717) is 0 Å². The molecule has 0 radical (unpaired) electrons. The van der Waals surface area contributed by atoms with Gasteiger partial charge in [-0.1, -0.05) is 36.4 Å². The Morgan fingerprint density at radius 1 is 1.00 bits per heavy atom. The SMILES string of the molecule is O=c1[nH]c2nc(Oc3cccc(OC(F)(F)F)c3)n(Cc3ccccc3)c2c(=O)n1CCCO. The Morgan fingerprint density at radius 2 is 1.74 bits per heavy atom. The Morgan fingerprint density at radius 3 is 2.44 bits per heavy atom. The van der Waals surface area contributed by atoms with Crippen LogP contribution in [-0.2, 0) is 13.1 Å². The van der Waals surface area contributed by atoms with E-state index in [0.717, 1.165) is 22.3 Å².